The van der Waals surface area contributed by atoms with Gasteiger partial charge in [0, 0.05) is 36.1 Å². The molecule has 1 aromatic carbocycles. The van der Waals surface area contributed by atoms with Crippen LogP contribution in [-0.4, -0.2) is 32.5 Å². The van der Waals surface area contributed by atoms with Crippen molar-refractivity contribution in [3.05, 3.63) is 65.2 Å². The number of rotatable bonds is 4. The zero-order valence-corrected chi connectivity index (χ0v) is 15.7. The molecule has 0 unspecified atom stereocenters. The van der Waals surface area contributed by atoms with Gasteiger partial charge in [0.2, 0.25) is 0 Å². The van der Waals surface area contributed by atoms with Crippen LogP contribution in [0.15, 0.2) is 42.7 Å². The van der Waals surface area contributed by atoms with Crippen LogP contribution in [0.4, 0.5) is 0 Å². The molecule has 0 saturated carbocycles. The van der Waals surface area contributed by atoms with Gasteiger partial charge in [0.15, 0.2) is 0 Å². The summed E-state index contributed by atoms with van der Waals surface area (Å²) in [4.78, 5) is 20.7. The van der Waals surface area contributed by atoms with E-state index in [0.29, 0.717) is 18.7 Å². The monoisotopic (exact) mass is 372 g/mol. The Morgan fingerprint density at radius 3 is 2.89 bits per heavy atom. The third kappa shape index (κ3) is 2.44. The van der Waals surface area contributed by atoms with Gasteiger partial charge in [-0.25, -0.2) is 9.50 Å². The second-order valence-corrected chi connectivity index (χ2v) is 6.97. The molecule has 4 aromatic rings. The smallest absolute Gasteiger partial charge is 0.252 e. The first-order chi connectivity index (χ1) is 13.7. The van der Waals surface area contributed by atoms with Crippen molar-refractivity contribution in [2.24, 2.45) is 0 Å². The summed E-state index contributed by atoms with van der Waals surface area (Å²) in [7, 11) is 1.89. The Balaban J connectivity index is 1.70. The van der Waals surface area contributed by atoms with E-state index in [1.807, 2.05) is 55.1 Å². The van der Waals surface area contributed by atoms with E-state index in [0.717, 1.165) is 45.0 Å². The summed E-state index contributed by atoms with van der Waals surface area (Å²) < 4.78 is 1.85. The van der Waals surface area contributed by atoms with Crippen LogP contribution in [0.3, 0.4) is 0 Å². The zero-order valence-electron chi connectivity index (χ0n) is 15.7. The van der Waals surface area contributed by atoms with Crippen molar-refractivity contribution in [2.75, 3.05) is 7.05 Å². The number of carbonyl (C=O) groups excluding carboxylic acids is 1. The summed E-state index contributed by atoms with van der Waals surface area (Å²) >= 11 is 0. The molecule has 1 amide bonds. The molecule has 140 valence electrons. The molecule has 0 fully saturated rings. The second-order valence-electron chi connectivity index (χ2n) is 6.97. The van der Waals surface area contributed by atoms with Crippen molar-refractivity contribution in [2.45, 2.75) is 20.0 Å². The Morgan fingerprint density at radius 2 is 2.04 bits per heavy atom. The van der Waals surface area contributed by atoms with E-state index in [9.17, 15) is 4.79 Å². The lowest BCUT2D eigenvalue weighted by molar-refractivity contribution is 0.0966. The summed E-state index contributed by atoms with van der Waals surface area (Å²) in [6.45, 7) is 3.18. The van der Waals surface area contributed by atoms with Crippen LogP contribution in [-0.2, 0) is 13.1 Å². The predicted octanol–water partition coefficient (Wildman–Crippen LogP) is 2.66. The number of pyridine rings is 1. The van der Waals surface area contributed by atoms with Gasteiger partial charge in [0.05, 0.1) is 23.0 Å². The number of aryl methyl sites for hydroxylation is 1. The number of hydrogen-bond acceptors (Lipinski definition) is 4. The minimum atomic E-state index is -0.0625. The molecular weight excluding hydrogens is 352 g/mol. The molecule has 7 nitrogen and oxygen atoms in total. The quantitative estimate of drug-likeness (QED) is 0.514. The van der Waals surface area contributed by atoms with E-state index in [-0.39, 0.29) is 5.91 Å². The maximum absolute atomic E-state index is 12.7. The summed E-state index contributed by atoms with van der Waals surface area (Å²) in [6, 6.07) is 10.0. The van der Waals surface area contributed by atoms with Crippen molar-refractivity contribution in [3.8, 4) is 22.5 Å². The van der Waals surface area contributed by atoms with E-state index in [1.165, 1.54) is 0 Å². The molecule has 4 heterocycles. The molecule has 0 saturated heterocycles. The Bertz CT molecular complexity index is 1220. The van der Waals surface area contributed by atoms with Gasteiger partial charge in [0.1, 0.15) is 5.82 Å². The number of imidazole rings is 1. The molecule has 3 N–H and O–H groups in total. The normalized spacial score (nSPS) is 13.1. The number of nitrogens with zero attached hydrogens (tertiary/aromatic N) is 3. The summed E-state index contributed by atoms with van der Waals surface area (Å²) in [5, 5.41) is 10.5. The zero-order chi connectivity index (χ0) is 19.3. The lowest BCUT2D eigenvalue weighted by Gasteiger charge is -2.09. The summed E-state index contributed by atoms with van der Waals surface area (Å²) in [6.07, 6.45) is 3.78. The van der Waals surface area contributed by atoms with E-state index in [1.54, 1.807) is 0 Å². The van der Waals surface area contributed by atoms with Crippen LogP contribution < -0.4 is 10.6 Å². The average molecular weight is 372 g/mol. The highest BCUT2D eigenvalue weighted by Gasteiger charge is 2.28. The number of carbonyl (C=O) groups is 1. The minimum absolute atomic E-state index is 0.0625. The maximum atomic E-state index is 12.7. The molecule has 5 rings (SSSR count). The second kappa shape index (κ2) is 6.31. The first kappa shape index (κ1) is 16.7. The van der Waals surface area contributed by atoms with Crippen LogP contribution in [0.2, 0.25) is 0 Å². The fraction of sp³-hybridized carbons (Fsp3) is 0.190. The number of amides is 1. The number of H-pyrrole nitrogens is 1. The number of benzene rings is 1. The van der Waals surface area contributed by atoms with Gasteiger partial charge in [-0.3, -0.25) is 4.79 Å². The topological polar surface area (TPSA) is 87.1 Å². The fourth-order valence-corrected chi connectivity index (χ4v) is 3.90. The Labute approximate surface area is 161 Å². The molecule has 0 bridgehead atoms. The third-order valence-corrected chi connectivity index (χ3v) is 5.27. The number of nitrogens with one attached hydrogen (secondary N) is 3. The highest BCUT2D eigenvalue weighted by molar-refractivity contribution is 6.06. The largest absolute Gasteiger partial charge is 0.348 e. The number of aromatic amines is 1. The standard InChI is InChI=1S/C21H20N6O/c1-12-17(11-22-2)26-20(25-12)14-7-6-13(16-9-23-21(28)19(14)16)15-10-24-27-8-4-3-5-18(15)27/h3-8,10,22H,9,11H2,1-2H3,(H,23,28)(H,25,26). The van der Waals surface area contributed by atoms with E-state index in [4.69, 9.17) is 4.98 Å². The van der Waals surface area contributed by atoms with Crippen molar-refractivity contribution < 1.29 is 4.79 Å². The van der Waals surface area contributed by atoms with Crippen LogP contribution in [0.25, 0.3) is 28.0 Å². The van der Waals surface area contributed by atoms with E-state index < -0.39 is 0 Å². The van der Waals surface area contributed by atoms with Gasteiger partial charge in [-0.1, -0.05) is 12.1 Å². The van der Waals surface area contributed by atoms with Gasteiger partial charge < -0.3 is 15.6 Å². The van der Waals surface area contributed by atoms with Crippen molar-refractivity contribution in [3.63, 3.8) is 0 Å². The highest BCUT2D eigenvalue weighted by Crippen LogP contribution is 2.37. The Hall–Kier alpha value is -3.45. The molecule has 0 spiro atoms. The lowest BCUT2D eigenvalue weighted by Crippen LogP contribution is -2.13. The van der Waals surface area contributed by atoms with Crippen LogP contribution >= 0.6 is 0 Å². The van der Waals surface area contributed by atoms with E-state index in [2.05, 4.69) is 26.8 Å². The molecule has 1 aliphatic heterocycles. The fourth-order valence-electron chi connectivity index (χ4n) is 3.90. The SMILES string of the molecule is CNCc1nc(-c2ccc(-c3cnn4ccccc34)c3c2C(=O)NC3)[nH]c1C. The molecule has 0 atom stereocenters. The predicted molar refractivity (Wildman–Crippen MR) is 107 cm³/mol. The maximum Gasteiger partial charge on any atom is 0.252 e. The summed E-state index contributed by atoms with van der Waals surface area (Å²) in [5.74, 6) is 0.662. The van der Waals surface area contributed by atoms with Crippen LogP contribution in [0.5, 0.6) is 0 Å². The molecule has 0 radical (unpaired) electrons. The first-order valence-corrected chi connectivity index (χ1v) is 9.24. The Kier molecular flexibility index (Phi) is 3.77. The van der Waals surface area contributed by atoms with Gasteiger partial charge in [-0.15, -0.1) is 0 Å². The van der Waals surface area contributed by atoms with Gasteiger partial charge >= 0.3 is 0 Å². The molecule has 7 heteroatoms. The summed E-state index contributed by atoms with van der Waals surface area (Å²) in [5.41, 5.74) is 7.53. The molecule has 28 heavy (non-hydrogen) atoms. The Morgan fingerprint density at radius 1 is 1.18 bits per heavy atom. The highest BCUT2D eigenvalue weighted by atomic mass is 16.1. The van der Waals surface area contributed by atoms with Crippen molar-refractivity contribution in [1.82, 2.24) is 30.2 Å². The van der Waals surface area contributed by atoms with Gasteiger partial charge in [-0.05, 0) is 43.3 Å². The molecular formula is C21H20N6O. The molecule has 3 aromatic heterocycles. The third-order valence-electron chi connectivity index (χ3n) is 5.27. The average Bonchev–Trinajstić information content (AvgIpc) is 3.40. The molecule has 0 aliphatic carbocycles. The minimum Gasteiger partial charge on any atom is -0.348 e. The number of fused-ring (bicyclic) bond motifs is 2. The van der Waals surface area contributed by atoms with Crippen LogP contribution in [0, 0.1) is 6.92 Å². The number of hydrogen-bond donors (Lipinski definition) is 3. The van der Waals surface area contributed by atoms with E-state index >= 15 is 0 Å². The van der Waals surface area contributed by atoms with Crippen molar-refractivity contribution in [1.29, 1.82) is 0 Å². The molecule has 1 aliphatic rings. The van der Waals surface area contributed by atoms with Crippen molar-refractivity contribution >= 4 is 11.4 Å². The first-order valence-electron chi connectivity index (χ1n) is 9.24. The number of aromatic nitrogens is 4. The lowest BCUT2D eigenvalue weighted by atomic mass is 9.93. The van der Waals surface area contributed by atoms with Gasteiger partial charge in [-0.2, -0.15) is 5.10 Å². The van der Waals surface area contributed by atoms with Crippen LogP contribution in [0.1, 0.15) is 27.3 Å². The van der Waals surface area contributed by atoms with Gasteiger partial charge in [0.25, 0.3) is 5.91 Å².